The molecule has 2 aromatic rings. The van der Waals surface area contributed by atoms with Crippen molar-refractivity contribution in [1.82, 2.24) is 10.4 Å². The Morgan fingerprint density at radius 1 is 1.15 bits per heavy atom. The number of nitrogens with one attached hydrogen (secondary N) is 1. The van der Waals surface area contributed by atoms with Gasteiger partial charge in [-0.2, -0.15) is 5.01 Å². The van der Waals surface area contributed by atoms with E-state index in [9.17, 15) is 9.59 Å². The fraction of sp³-hybridized carbons (Fsp3) is 0.0500. The van der Waals surface area contributed by atoms with E-state index in [0.717, 1.165) is 22.3 Å². The van der Waals surface area contributed by atoms with Gasteiger partial charge in [0.05, 0.1) is 12.0 Å². The van der Waals surface area contributed by atoms with E-state index in [4.69, 9.17) is 17.0 Å². The lowest BCUT2D eigenvalue weighted by atomic mass is 10.2. The van der Waals surface area contributed by atoms with Gasteiger partial charge in [0.1, 0.15) is 5.75 Å². The summed E-state index contributed by atoms with van der Waals surface area (Å²) in [6.45, 7) is 0. The van der Waals surface area contributed by atoms with Gasteiger partial charge < -0.3 is 4.74 Å². The first-order valence-corrected chi connectivity index (χ1v) is 9.25. The molecule has 0 radical (unpaired) electrons. The molecular weight excluding hydrogens is 380 g/mol. The van der Waals surface area contributed by atoms with Gasteiger partial charge in [-0.25, -0.2) is 0 Å². The van der Waals surface area contributed by atoms with Gasteiger partial charge in [-0.1, -0.05) is 54.2 Å². The Labute approximate surface area is 166 Å². The van der Waals surface area contributed by atoms with E-state index in [1.165, 1.54) is 0 Å². The van der Waals surface area contributed by atoms with E-state index in [-0.39, 0.29) is 10.2 Å². The van der Waals surface area contributed by atoms with Crippen LogP contribution in [-0.4, -0.2) is 28.3 Å². The Kier molecular flexibility index (Phi) is 6.05. The molecule has 5 nitrogen and oxygen atoms in total. The lowest BCUT2D eigenvalue weighted by Crippen LogP contribution is -2.44. The maximum absolute atomic E-state index is 12.5. The second-order valence-electron chi connectivity index (χ2n) is 5.48. The normalized spacial score (nSPS) is 15.6. The minimum absolute atomic E-state index is 0.279. The number of thiocarbonyl (C=S) groups is 1. The molecule has 1 aliphatic heterocycles. The second kappa shape index (κ2) is 8.66. The molecule has 1 fully saturated rings. The summed E-state index contributed by atoms with van der Waals surface area (Å²) in [5.41, 5.74) is 3.97. The average molecular weight is 396 g/mol. The van der Waals surface area contributed by atoms with Gasteiger partial charge in [0.25, 0.3) is 11.8 Å². The van der Waals surface area contributed by atoms with Crippen LogP contribution in [0.3, 0.4) is 0 Å². The monoisotopic (exact) mass is 396 g/mol. The van der Waals surface area contributed by atoms with Crippen molar-refractivity contribution in [3.8, 4) is 5.75 Å². The maximum atomic E-state index is 12.5. The molecule has 0 aliphatic carbocycles. The molecule has 1 saturated heterocycles. The van der Waals surface area contributed by atoms with Crippen molar-refractivity contribution in [2.75, 3.05) is 7.11 Å². The molecule has 1 heterocycles. The lowest BCUT2D eigenvalue weighted by Gasteiger charge is -2.15. The van der Waals surface area contributed by atoms with Gasteiger partial charge >= 0.3 is 0 Å². The van der Waals surface area contributed by atoms with Crippen LogP contribution in [-0.2, 0) is 4.79 Å². The smallest absolute Gasteiger partial charge is 0.285 e. The van der Waals surface area contributed by atoms with E-state index >= 15 is 0 Å². The first kappa shape index (κ1) is 18.9. The van der Waals surface area contributed by atoms with Crippen molar-refractivity contribution in [3.05, 3.63) is 82.8 Å². The van der Waals surface area contributed by atoms with Gasteiger partial charge in [-0.3, -0.25) is 15.0 Å². The molecule has 0 saturated carbocycles. The van der Waals surface area contributed by atoms with Crippen LogP contribution in [0.5, 0.6) is 5.75 Å². The molecule has 0 unspecified atom stereocenters. The molecular formula is C20H16N2O3S2. The van der Waals surface area contributed by atoms with Gasteiger partial charge in [0, 0.05) is 5.56 Å². The van der Waals surface area contributed by atoms with Crippen molar-refractivity contribution >= 4 is 46.2 Å². The Morgan fingerprint density at radius 3 is 2.52 bits per heavy atom. The van der Waals surface area contributed by atoms with E-state index in [1.807, 2.05) is 36.4 Å². The van der Waals surface area contributed by atoms with Crippen molar-refractivity contribution in [2.24, 2.45) is 0 Å². The fourth-order valence-electron chi connectivity index (χ4n) is 2.30. The Bertz CT molecular complexity index is 922. The molecule has 7 heteroatoms. The summed E-state index contributed by atoms with van der Waals surface area (Å²) in [6.07, 6.45) is 5.36. The average Bonchev–Trinajstić information content (AvgIpc) is 2.96. The van der Waals surface area contributed by atoms with Crippen molar-refractivity contribution in [2.45, 2.75) is 0 Å². The highest BCUT2D eigenvalue weighted by Crippen LogP contribution is 2.29. The summed E-state index contributed by atoms with van der Waals surface area (Å²) in [6, 6.07) is 16.3. The number of benzene rings is 2. The largest absolute Gasteiger partial charge is 0.497 e. The molecule has 1 N–H and O–H groups in total. The fourth-order valence-corrected chi connectivity index (χ4v) is 3.43. The van der Waals surface area contributed by atoms with Gasteiger partial charge in [-0.05, 0) is 48.1 Å². The molecule has 2 amide bonds. The number of methoxy groups -OCH3 is 1. The van der Waals surface area contributed by atoms with Gasteiger partial charge in [0.15, 0.2) is 4.32 Å². The molecule has 0 aromatic heterocycles. The first-order chi connectivity index (χ1) is 13.1. The van der Waals surface area contributed by atoms with Crippen LogP contribution < -0.4 is 10.2 Å². The van der Waals surface area contributed by atoms with Gasteiger partial charge in [0.2, 0.25) is 0 Å². The number of hydrazine groups is 1. The molecule has 3 rings (SSSR count). The summed E-state index contributed by atoms with van der Waals surface area (Å²) in [7, 11) is 1.55. The number of amides is 2. The Hall–Kier alpha value is -2.90. The summed E-state index contributed by atoms with van der Waals surface area (Å²) < 4.78 is 5.34. The zero-order valence-corrected chi connectivity index (χ0v) is 16.0. The summed E-state index contributed by atoms with van der Waals surface area (Å²) in [5, 5.41) is 1.09. The third kappa shape index (κ3) is 4.64. The van der Waals surface area contributed by atoms with Crippen LogP contribution >= 0.6 is 24.0 Å². The highest BCUT2D eigenvalue weighted by molar-refractivity contribution is 8.26. The van der Waals surface area contributed by atoms with Gasteiger partial charge in [-0.15, -0.1) is 0 Å². The standard InChI is InChI=1S/C20H16N2O3S2/c1-25-16-12-10-15(11-13-16)18(23)21-22-19(24)17(27-20(22)26)9-5-8-14-6-3-2-4-7-14/h2-13H,1H3,(H,21,23). The number of carbonyl (C=O) groups excluding carboxylic acids is 2. The van der Waals surface area contributed by atoms with Crippen LogP contribution in [0.15, 0.2) is 71.7 Å². The molecule has 1 aliphatic rings. The van der Waals surface area contributed by atoms with E-state index in [1.54, 1.807) is 43.5 Å². The number of thioether (sulfide) groups is 1. The summed E-state index contributed by atoms with van der Waals surface area (Å²) >= 11 is 6.36. The van der Waals surface area contributed by atoms with Crippen molar-refractivity contribution in [1.29, 1.82) is 0 Å². The minimum Gasteiger partial charge on any atom is -0.497 e. The van der Waals surface area contributed by atoms with Crippen LogP contribution in [0.4, 0.5) is 0 Å². The predicted octanol–water partition coefficient (Wildman–Crippen LogP) is 3.80. The van der Waals surface area contributed by atoms with Crippen LogP contribution in [0.1, 0.15) is 15.9 Å². The van der Waals surface area contributed by atoms with Crippen LogP contribution in [0, 0.1) is 0 Å². The second-order valence-corrected chi connectivity index (χ2v) is 7.15. The maximum Gasteiger partial charge on any atom is 0.285 e. The number of allylic oxidation sites excluding steroid dienone is 2. The van der Waals surface area contributed by atoms with Crippen LogP contribution in [0.2, 0.25) is 0 Å². The molecule has 2 aromatic carbocycles. The van der Waals surface area contributed by atoms with E-state index < -0.39 is 5.91 Å². The van der Waals surface area contributed by atoms with Crippen LogP contribution in [0.25, 0.3) is 6.08 Å². The van der Waals surface area contributed by atoms with E-state index in [0.29, 0.717) is 16.2 Å². The molecule has 27 heavy (non-hydrogen) atoms. The summed E-state index contributed by atoms with van der Waals surface area (Å²) in [5.74, 6) is -0.134. The number of hydrogen-bond acceptors (Lipinski definition) is 5. The number of hydrogen-bond donors (Lipinski definition) is 1. The van der Waals surface area contributed by atoms with Crippen molar-refractivity contribution < 1.29 is 14.3 Å². The molecule has 0 atom stereocenters. The highest BCUT2D eigenvalue weighted by atomic mass is 32.2. The molecule has 0 bridgehead atoms. The Balaban J connectivity index is 1.67. The van der Waals surface area contributed by atoms with E-state index in [2.05, 4.69) is 5.43 Å². The third-order valence-corrected chi connectivity index (χ3v) is 5.02. The SMILES string of the molecule is COc1ccc(C(=O)NN2C(=O)C(=CC=Cc3ccccc3)SC2=S)cc1. The minimum atomic E-state index is -0.421. The first-order valence-electron chi connectivity index (χ1n) is 8.03. The third-order valence-electron chi connectivity index (χ3n) is 3.70. The zero-order chi connectivity index (χ0) is 19.2. The Morgan fingerprint density at radius 2 is 1.85 bits per heavy atom. The molecule has 0 spiro atoms. The highest BCUT2D eigenvalue weighted by Gasteiger charge is 2.33. The number of rotatable bonds is 5. The van der Waals surface area contributed by atoms with Crippen molar-refractivity contribution in [3.63, 3.8) is 0 Å². The topological polar surface area (TPSA) is 58.6 Å². The zero-order valence-electron chi connectivity index (χ0n) is 14.4. The number of ether oxygens (including phenoxy) is 1. The quantitative estimate of drug-likeness (QED) is 0.615. The predicted molar refractivity (Wildman–Crippen MR) is 111 cm³/mol. The molecule has 136 valence electrons. The lowest BCUT2D eigenvalue weighted by molar-refractivity contribution is -0.123. The number of carbonyl (C=O) groups is 2. The summed E-state index contributed by atoms with van der Waals surface area (Å²) in [4.78, 5) is 25.3. The number of nitrogens with zero attached hydrogens (tertiary/aromatic N) is 1.